The first-order chi connectivity index (χ1) is 10.4. The molecule has 120 valence electrons. The number of anilines is 1. The fourth-order valence-corrected chi connectivity index (χ4v) is 3.06. The van der Waals surface area contributed by atoms with Crippen LogP contribution in [0.2, 0.25) is 5.02 Å². The first-order valence-corrected chi connectivity index (χ1v) is 8.81. The molecule has 4 nitrogen and oxygen atoms in total. The van der Waals surface area contributed by atoms with Crippen LogP contribution in [0.4, 0.5) is 10.1 Å². The first-order valence-electron chi connectivity index (χ1n) is 7.12. The van der Waals surface area contributed by atoms with Gasteiger partial charge < -0.3 is 4.72 Å². The third-order valence-electron chi connectivity index (χ3n) is 3.06. The number of hydrogen-bond donors (Lipinski definition) is 1. The van der Waals surface area contributed by atoms with Gasteiger partial charge in [0.2, 0.25) is 0 Å². The first kappa shape index (κ1) is 17.0. The smallest absolute Gasteiger partial charge is 0.156 e. The minimum absolute atomic E-state index is 0.133. The van der Waals surface area contributed by atoms with Gasteiger partial charge in [-0.3, -0.25) is 4.68 Å². The van der Waals surface area contributed by atoms with Crippen LogP contribution in [-0.2, 0) is 11.0 Å². The molecule has 2 aromatic rings. The minimum atomic E-state index is -1.33. The van der Waals surface area contributed by atoms with Gasteiger partial charge in [-0.15, -0.1) is 0 Å². The topological polar surface area (TPSA) is 46.9 Å². The molecule has 2 rings (SSSR count). The third-order valence-corrected chi connectivity index (χ3v) is 4.51. The lowest BCUT2D eigenvalue weighted by atomic mass is 10.1. The Hall–Kier alpha value is -1.40. The summed E-state index contributed by atoms with van der Waals surface area (Å²) < 4.78 is 30.8. The van der Waals surface area contributed by atoms with Gasteiger partial charge in [-0.2, -0.15) is 5.10 Å². The highest BCUT2D eigenvalue weighted by molar-refractivity contribution is 7.86. The number of benzene rings is 1. The van der Waals surface area contributed by atoms with Gasteiger partial charge in [-0.25, -0.2) is 8.60 Å². The van der Waals surface area contributed by atoms with Crippen LogP contribution in [0, 0.1) is 5.82 Å². The minimum Gasteiger partial charge on any atom is -0.302 e. The van der Waals surface area contributed by atoms with Crippen molar-refractivity contribution in [2.24, 2.45) is 0 Å². The van der Waals surface area contributed by atoms with E-state index in [-0.39, 0.29) is 11.7 Å². The van der Waals surface area contributed by atoms with Crippen LogP contribution in [0.15, 0.2) is 24.4 Å². The second-order valence-electron chi connectivity index (χ2n) is 5.24. The van der Waals surface area contributed by atoms with E-state index in [0.29, 0.717) is 22.0 Å². The largest absolute Gasteiger partial charge is 0.302 e. The van der Waals surface area contributed by atoms with Crippen molar-refractivity contribution in [2.75, 3.05) is 10.5 Å². The molecule has 1 aromatic carbocycles. The molecule has 0 fully saturated rings. The molecule has 1 atom stereocenters. The number of nitrogens with zero attached hydrogens (tertiary/aromatic N) is 2. The molecule has 0 saturated carbocycles. The summed E-state index contributed by atoms with van der Waals surface area (Å²) in [6, 6.07) is 4.89. The van der Waals surface area contributed by atoms with E-state index in [4.69, 9.17) is 11.6 Å². The SMILES string of the molecule is CCCS(=O)Nc1cc(Cl)cc(-c2ccn(C(C)C)n2)c1F. The second kappa shape index (κ2) is 7.24. The maximum absolute atomic E-state index is 14.6. The van der Waals surface area contributed by atoms with Crippen molar-refractivity contribution in [3.05, 3.63) is 35.2 Å². The molecule has 1 heterocycles. The zero-order valence-electron chi connectivity index (χ0n) is 12.8. The molecule has 7 heteroatoms. The second-order valence-corrected chi connectivity index (χ2v) is 6.98. The summed E-state index contributed by atoms with van der Waals surface area (Å²) in [7, 11) is -1.33. The number of halogens is 2. The number of rotatable bonds is 6. The molecular formula is C15H19ClFN3OS. The molecule has 0 bridgehead atoms. The Morgan fingerprint density at radius 3 is 2.77 bits per heavy atom. The maximum atomic E-state index is 14.6. The summed E-state index contributed by atoms with van der Waals surface area (Å²) >= 11 is 6.06. The number of hydrogen-bond acceptors (Lipinski definition) is 2. The fourth-order valence-electron chi connectivity index (χ4n) is 1.98. The van der Waals surface area contributed by atoms with Crippen molar-refractivity contribution in [1.82, 2.24) is 9.78 Å². The Kier molecular flexibility index (Phi) is 5.58. The highest BCUT2D eigenvalue weighted by atomic mass is 35.5. The summed E-state index contributed by atoms with van der Waals surface area (Å²) in [4.78, 5) is 0. The van der Waals surface area contributed by atoms with Crippen molar-refractivity contribution in [1.29, 1.82) is 0 Å². The Balaban J connectivity index is 2.39. The van der Waals surface area contributed by atoms with Crippen molar-refractivity contribution < 1.29 is 8.60 Å². The van der Waals surface area contributed by atoms with Gasteiger partial charge in [0.05, 0.1) is 11.4 Å². The summed E-state index contributed by atoms with van der Waals surface area (Å²) in [5, 5.41) is 4.72. The normalized spacial score (nSPS) is 12.6. The van der Waals surface area contributed by atoms with Crippen molar-refractivity contribution in [2.45, 2.75) is 33.2 Å². The van der Waals surface area contributed by atoms with Gasteiger partial charge in [-0.05, 0) is 38.5 Å². The average Bonchev–Trinajstić information content (AvgIpc) is 2.92. The Bertz CT molecular complexity index is 687. The van der Waals surface area contributed by atoms with Crippen molar-refractivity contribution in [3.63, 3.8) is 0 Å². The number of nitrogens with one attached hydrogen (secondary N) is 1. The molecule has 0 radical (unpaired) electrons. The van der Waals surface area contributed by atoms with E-state index in [0.717, 1.165) is 6.42 Å². The van der Waals surface area contributed by atoms with Crippen LogP contribution in [0.25, 0.3) is 11.3 Å². The third kappa shape index (κ3) is 3.87. The molecule has 0 aliphatic rings. The highest BCUT2D eigenvalue weighted by Crippen LogP contribution is 2.31. The molecule has 0 aliphatic heterocycles. The van der Waals surface area contributed by atoms with Crippen molar-refractivity contribution >= 4 is 28.3 Å². The molecule has 0 spiro atoms. The summed E-state index contributed by atoms with van der Waals surface area (Å²) in [5.41, 5.74) is 0.925. The lowest BCUT2D eigenvalue weighted by molar-refractivity contribution is 0.533. The monoisotopic (exact) mass is 343 g/mol. The Labute approximate surface area is 137 Å². The van der Waals surface area contributed by atoms with Crippen LogP contribution >= 0.6 is 11.6 Å². The van der Waals surface area contributed by atoms with Gasteiger partial charge in [0.15, 0.2) is 5.82 Å². The molecule has 1 unspecified atom stereocenters. The van der Waals surface area contributed by atoms with Crippen LogP contribution in [-0.4, -0.2) is 19.7 Å². The molecular weight excluding hydrogens is 325 g/mol. The van der Waals surface area contributed by atoms with E-state index in [1.54, 1.807) is 16.9 Å². The lowest BCUT2D eigenvalue weighted by Gasteiger charge is -2.10. The van der Waals surface area contributed by atoms with E-state index in [9.17, 15) is 8.60 Å². The molecule has 22 heavy (non-hydrogen) atoms. The van der Waals surface area contributed by atoms with E-state index in [1.807, 2.05) is 20.8 Å². The van der Waals surface area contributed by atoms with Gasteiger partial charge in [0.25, 0.3) is 0 Å². The Morgan fingerprint density at radius 2 is 2.18 bits per heavy atom. The predicted octanol–water partition coefficient (Wildman–Crippen LogP) is 4.41. The zero-order chi connectivity index (χ0) is 16.3. The molecule has 0 amide bonds. The Morgan fingerprint density at radius 1 is 1.45 bits per heavy atom. The van der Waals surface area contributed by atoms with E-state index >= 15 is 0 Å². The lowest BCUT2D eigenvalue weighted by Crippen LogP contribution is -2.09. The quantitative estimate of drug-likeness (QED) is 0.844. The van der Waals surface area contributed by atoms with Gasteiger partial charge in [-0.1, -0.05) is 18.5 Å². The number of aromatic nitrogens is 2. The molecule has 0 aliphatic carbocycles. The predicted molar refractivity (Wildman–Crippen MR) is 89.9 cm³/mol. The van der Waals surface area contributed by atoms with Gasteiger partial charge >= 0.3 is 0 Å². The summed E-state index contributed by atoms with van der Waals surface area (Å²) in [6.45, 7) is 5.90. The van der Waals surface area contributed by atoms with Crippen LogP contribution in [0.3, 0.4) is 0 Å². The fraction of sp³-hybridized carbons (Fsp3) is 0.400. The molecule has 0 saturated heterocycles. The summed E-state index contributed by atoms with van der Waals surface area (Å²) in [5.74, 6) is -0.0497. The van der Waals surface area contributed by atoms with E-state index in [2.05, 4.69) is 9.82 Å². The standard InChI is InChI=1S/C15H19ClFN3OS/c1-4-7-22(21)19-14-9-11(16)8-12(15(14)17)13-5-6-20(18-13)10(2)3/h5-6,8-10,19H,4,7H2,1-3H3. The zero-order valence-corrected chi connectivity index (χ0v) is 14.3. The summed E-state index contributed by atoms with van der Waals surface area (Å²) in [6.07, 6.45) is 2.54. The van der Waals surface area contributed by atoms with Crippen LogP contribution in [0.5, 0.6) is 0 Å². The van der Waals surface area contributed by atoms with Crippen LogP contribution < -0.4 is 4.72 Å². The molecule has 1 aromatic heterocycles. The molecule has 1 N–H and O–H groups in total. The van der Waals surface area contributed by atoms with Gasteiger partial charge in [0.1, 0.15) is 11.0 Å². The van der Waals surface area contributed by atoms with E-state index < -0.39 is 16.8 Å². The van der Waals surface area contributed by atoms with Crippen molar-refractivity contribution in [3.8, 4) is 11.3 Å². The average molecular weight is 344 g/mol. The van der Waals surface area contributed by atoms with E-state index in [1.165, 1.54) is 12.1 Å². The van der Waals surface area contributed by atoms with Gasteiger partial charge in [0, 0.05) is 28.6 Å². The maximum Gasteiger partial charge on any atom is 0.156 e. The highest BCUT2D eigenvalue weighted by Gasteiger charge is 2.16. The van der Waals surface area contributed by atoms with Crippen LogP contribution in [0.1, 0.15) is 33.2 Å².